The van der Waals surface area contributed by atoms with Crippen LogP contribution in [0, 0.1) is 6.92 Å². The van der Waals surface area contributed by atoms with E-state index in [1.54, 1.807) is 26.0 Å². The smallest absolute Gasteiger partial charge is 0.339 e. The highest BCUT2D eigenvalue weighted by Gasteiger charge is 2.20. The minimum atomic E-state index is -3.77. The summed E-state index contributed by atoms with van der Waals surface area (Å²) < 4.78 is 32.4. The lowest BCUT2D eigenvalue weighted by molar-refractivity contribution is -0.119. The molecule has 0 saturated heterocycles. The van der Waals surface area contributed by atoms with Crippen LogP contribution in [0.3, 0.4) is 0 Å². The molecule has 0 bridgehead atoms. The van der Waals surface area contributed by atoms with Crippen LogP contribution in [0.1, 0.15) is 29.8 Å². The SMILES string of the molecule is Cc1ccccc1NC(=O)COC(=O)c1cc(S(=O)(=O)NC(C)C)ccc1Br. The van der Waals surface area contributed by atoms with E-state index in [4.69, 9.17) is 4.74 Å². The maximum absolute atomic E-state index is 12.3. The predicted molar refractivity (Wildman–Crippen MR) is 110 cm³/mol. The molecule has 0 aromatic heterocycles. The number of halogens is 1. The number of aryl methyl sites for hydroxylation is 1. The number of benzene rings is 2. The second-order valence-corrected chi connectivity index (χ2v) is 8.93. The zero-order valence-electron chi connectivity index (χ0n) is 15.7. The molecule has 0 aliphatic heterocycles. The van der Waals surface area contributed by atoms with Crippen LogP contribution in [-0.2, 0) is 19.6 Å². The van der Waals surface area contributed by atoms with E-state index < -0.39 is 28.5 Å². The second kappa shape index (κ2) is 9.31. The van der Waals surface area contributed by atoms with Gasteiger partial charge in [-0.3, -0.25) is 4.79 Å². The molecule has 0 radical (unpaired) electrons. The van der Waals surface area contributed by atoms with Gasteiger partial charge < -0.3 is 10.1 Å². The van der Waals surface area contributed by atoms with Gasteiger partial charge in [-0.05, 0) is 66.5 Å². The van der Waals surface area contributed by atoms with Crippen molar-refractivity contribution in [1.82, 2.24) is 4.72 Å². The minimum absolute atomic E-state index is 0.00956. The number of para-hydroxylation sites is 1. The molecular formula is C19H21BrN2O5S. The predicted octanol–water partition coefficient (Wildman–Crippen LogP) is 3.24. The Kier molecular flexibility index (Phi) is 7.34. The van der Waals surface area contributed by atoms with Gasteiger partial charge in [0, 0.05) is 16.2 Å². The molecule has 28 heavy (non-hydrogen) atoms. The standard InChI is InChI=1S/C19H21BrN2O5S/c1-12(2)22-28(25,26)14-8-9-16(20)15(10-14)19(24)27-11-18(23)21-17-7-5-4-6-13(17)3/h4-10,12,22H,11H2,1-3H3,(H,21,23). The van der Waals surface area contributed by atoms with Crippen molar-refractivity contribution in [3.63, 3.8) is 0 Å². The molecule has 0 spiro atoms. The molecular weight excluding hydrogens is 448 g/mol. The molecule has 7 nitrogen and oxygen atoms in total. The van der Waals surface area contributed by atoms with Gasteiger partial charge in [0.1, 0.15) is 0 Å². The van der Waals surface area contributed by atoms with Crippen molar-refractivity contribution in [3.8, 4) is 0 Å². The Labute approximate surface area is 172 Å². The van der Waals surface area contributed by atoms with E-state index >= 15 is 0 Å². The summed E-state index contributed by atoms with van der Waals surface area (Å²) in [6.45, 7) is 4.73. The molecule has 0 atom stereocenters. The maximum Gasteiger partial charge on any atom is 0.339 e. The molecule has 2 rings (SSSR count). The van der Waals surface area contributed by atoms with Crippen LogP contribution in [0.15, 0.2) is 51.8 Å². The van der Waals surface area contributed by atoms with Crippen molar-refractivity contribution in [2.45, 2.75) is 31.7 Å². The Morgan fingerprint density at radius 1 is 1.14 bits per heavy atom. The summed E-state index contributed by atoms with van der Waals surface area (Å²) in [6, 6.07) is 10.9. The maximum atomic E-state index is 12.3. The first-order chi connectivity index (χ1) is 13.1. The highest BCUT2D eigenvalue weighted by atomic mass is 79.9. The molecule has 1 amide bonds. The summed E-state index contributed by atoms with van der Waals surface area (Å²) in [7, 11) is -3.77. The fraction of sp³-hybridized carbons (Fsp3) is 0.263. The Morgan fingerprint density at radius 3 is 2.46 bits per heavy atom. The van der Waals surface area contributed by atoms with E-state index in [-0.39, 0.29) is 16.5 Å². The Balaban J connectivity index is 2.09. The fourth-order valence-corrected chi connectivity index (χ4v) is 4.00. The van der Waals surface area contributed by atoms with Crippen molar-refractivity contribution in [2.24, 2.45) is 0 Å². The Morgan fingerprint density at radius 2 is 1.82 bits per heavy atom. The van der Waals surface area contributed by atoms with Crippen LogP contribution in [-0.4, -0.2) is 32.9 Å². The second-order valence-electron chi connectivity index (χ2n) is 6.36. The van der Waals surface area contributed by atoms with Crippen molar-refractivity contribution in [1.29, 1.82) is 0 Å². The minimum Gasteiger partial charge on any atom is -0.452 e. The summed E-state index contributed by atoms with van der Waals surface area (Å²) in [5, 5.41) is 2.66. The highest BCUT2D eigenvalue weighted by Crippen LogP contribution is 2.22. The topological polar surface area (TPSA) is 102 Å². The molecule has 0 unspecified atom stereocenters. The van der Waals surface area contributed by atoms with Gasteiger partial charge in [0.05, 0.1) is 10.5 Å². The highest BCUT2D eigenvalue weighted by molar-refractivity contribution is 9.10. The Bertz CT molecular complexity index is 990. The van der Waals surface area contributed by atoms with Gasteiger partial charge in [-0.1, -0.05) is 18.2 Å². The van der Waals surface area contributed by atoms with Crippen LogP contribution in [0.2, 0.25) is 0 Å². The first-order valence-corrected chi connectivity index (χ1v) is 10.7. The van der Waals surface area contributed by atoms with Crippen LogP contribution >= 0.6 is 15.9 Å². The number of carbonyl (C=O) groups is 2. The van der Waals surface area contributed by atoms with E-state index in [0.717, 1.165) is 5.56 Å². The van der Waals surface area contributed by atoms with E-state index in [2.05, 4.69) is 26.0 Å². The van der Waals surface area contributed by atoms with Crippen molar-refractivity contribution < 1.29 is 22.7 Å². The molecule has 2 N–H and O–H groups in total. The summed E-state index contributed by atoms with van der Waals surface area (Å²) in [5.41, 5.74) is 1.51. The summed E-state index contributed by atoms with van der Waals surface area (Å²) in [5.74, 6) is -1.31. The molecule has 0 aliphatic carbocycles. The quantitative estimate of drug-likeness (QED) is 0.607. The van der Waals surface area contributed by atoms with E-state index in [1.807, 2.05) is 19.1 Å². The third kappa shape index (κ3) is 5.88. The first kappa shape index (κ1) is 22.1. The van der Waals surface area contributed by atoms with E-state index in [0.29, 0.717) is 10.2 Å². The molecule has 0 saturated carbocycles. The molecule has 0 heterocycles. The molecule has 2 aromatic carbocycles. The van der Waals surface area contributed by atoms with Crippen LogP contribution < -0.4 is 10.0 Å². The third-order valence-electron chi connectivity index (χ3n) is 3.61. The number of hydrogen-bond acceptors (Lipinski definition) is 5. The number of amides is 1. The number of carbonyl (C=O) groups excluding carboxylic acids is 2. The van der Waals surface area contributed by atoms with E-state index in [1.165, 1.54) is 18.2 Å². The molecule has 2 aromatic rings. The van der Waals surface area contributed by atoms with Gasteiger partial charge in [-0.15, -0.1) is 0 Å². The summed E-state index contributed by atoms with van der Waals surface area (Å²) in [4.78, 5) is 24.3. The fourth-order valence-electron chi connectivity index (χ4n) is 2.31. The number of rotatable bonds is 7. The summed E-state index contributed by atoms with van der Waals surface area (Å²) >= 11 is 3.20. The lowest BCUT2D eigenvalue weighted by Gasteiger charge is -2.12. The average molecular weight is 469 g/mol. The molecule has 150 valence electrons. The van der Waals surface area contributed by atoms with Gasteiger partial charge in [0.15, 0.2) is 6.61 Å². The Hall–Kier alpha value is -2.23. The monoisotopic (exact) mass is 468 g/mol. The third-order valence-corrected chi connectivity index (χ3v) is 5.96. The largest absolute Gasteiger partial charge is 0.452 e. The number of sulfonamides is 1. The zero-order valence-corrected chi connectivity index (χ0v) is 18.1. The van der Waals surface area contributed by atoms with Crippen molar-refractivity contribution in [3.05, 3.63) is 58.1 Å². The first-order valence-electron chi connectivity index (χ1n) is 8.44. The average Bonchev–Trinajstić information content (AvgIpc) is 2.60. The number of nitrogens with one attached hydrogen (secondary N) is 2. The van der Waals surface area contributed by atoms with Crippen LogP contribution in [0.25, 0.3) is 0 Å². The van der Waals surface area contributed by atoms with Gasteiger partial charge in [0.25, 0.3) is 5.91 Å². The van der Waals surface area contributed by atoms with E-state index in [9.17, 15) is 18.0 Å². The molecule has 9 heteroatoms. The zero-order chi connectivity index (χ0) is 20.9. The van der Waals surface area contributed by atoms with Crippen molar-refractivity contribution in [2.75, 3.05) is 11.9 Å². The number of ether oxygens (including phenoxy) is 1. The lowest BCUT2D eigenvalue weighted by atomic mass is 10.2. The van der Waals surface area contributed by atoms with Gasteiger partial charge >= 0.3 is 5.97 Å². The summed E-state index contributed by atoms with van der Waals surface area (Å²) in [6.07, 6.45) is 0. The van der Waals surface area contributed by atoms with Gasteiger partial charge in [-0.25, -0.2) is 17.9 Å². The van der Waals surface area contributed by atoms with Crippen molar-refractivity contribution >= 4 is 43.5 Å². The normalized spacial score (nSPS) is 11.3. The lowest BCUT2D eigenvalue weighted by Crippen LogP contribution is -2.30. The number of hydrogen-bond donors (Lipinski definition) is 2. The molecule has 0 aliphatic rings. The number of anilines is 1. The number of esters is 1. The van der Waals surface area contributed by atoms with Gasteiger partial charge in [-0.2, -0.15) is 0 Å². The van der Waals surface area contributed by atoms with Crippen LogP contribution in [0.4, 0.5) is 5.69 Å². The van der Waals surface area contributed by atoms with Gasteiger partial charge in [0.2, 0.25) is 10.0 Å². The molecule has 0 fully saturated rings. The van der Waals surface area contributed by atoms with Crippen LogP contribution in [0.5, 0.6) is 0 Å².